The van der Waals surface area contributed by atoms with E-state index in [2.05, 4.69) is 20.6 Å². The zero-order valence-corrected chi connectivity index (χ0v) is 12.9. The van der Waals surface area contributed by atoms with Gasteiger partial charge < -0.3 is 24.8 Å². The van der Waals surface area contributed by atoms with Gasteiger partial charge in [0, 0.05) is 25.9 Å². The van der Waals surface area contributed by atoms with Crippen LogP contribution in [0.1, 0.15) is 0 Å². The van der Waals surface area contributed by atoms with E-state index in [0.29, 0.717) is 24.8 Å². The molecule has 7 heteroatoms. The van der Waals surface area contributed by atoms with Crippen LogP contribution in [0.5, 0.6) is 11.5 Å². The van der Waals surface area contributed by atoms with Crippen molar-refractivity contribution in [3.63, 3.8) is 0 Å². The SMILES string of the molecule is COCCNc1ccnc(Nc2ccc(OC)cc2OC)n1. The number of aromatic nitrogens is 2. The Morgan fingerprint density at radius 2 is 1.95 bits per heavy atom. The highest BCUT2D eigenvalue weighted by Crippen LogP contribution is 2.30. The minimum absolute atomic E-state index is 0.478. The minimum Gasteiger partial charge on any atom is -0.497 e. The summed E-state index contributed by atoms with van der Waals surface area (Å²) in [6.45, 7) is 1.29. The summed E-state index contributed by atoms with van der Waals surface area (Å²) in [6.07, 6.45) is 1.68. The molecule has 0 aliphatic rings. The Bertz CT molecular complexity index is 607. The lowest BCUT2D eigenvalue weighted by Crippen LogP contribution is -2.09. The molecule has 1 aromatic heterocycles. The molecule has 2 rings (SSSR count). The number of nitrogens with zero attached hydrogens (tertiary/aromatic N) is 2. The Hall–Kier alpha value is -2.54. The van der Waals surface area contributed by atoms with Crippen LogP contribution in [0.25, 0.3) is 0 Å². The first-order valence-electron chi connectivity index (χ1n) is 6.81. The van der Waals surface area contributed by atoms with Crippen LogP contribution in [0, 0.1) is 0 Å². The molecule has 2 aromatic rings. The molecule has 0 fully saturated rings. The van der Waals surface area contributed by atoms with Gasteiger partial charge in [-0.3, -0.25) is 0 Å². The van der Waals surface area contributed by atoms with Gasteiger partial charge in [-0.1, -0.05) is 0 Å². The highest BCUT2D eigenvalue weighted by molar-refractivity contribution is 5.64. The summed E-state index contributed by atoms with van der Waals surface area (Å²) < 4.78 is 15.5. The summed E-state index contributed by atoms with van der Waals surface area (Å²) in [5.41, 5.74) is 0.761. The summed E-state index contributed by atoms with van der Waals surface area (Å²) >= 11 is 0. The van der Waals surface area contributed by atoms with E-state index in [9.17, 15) is 0 Å². The molecule has 0 saturated heterocycles. The third-order valence-electron chi connectivity index (χ3n) is 2.92. The molecule has 1 aromatic carbocycles. The Morgan fingerprint density at radius 1 is 1.09 bits per heavy atom. The first-order chi connectivity index (χ1) is 10.8. The summed E-state index contributed by atoms with van der Waals surface area (Å²) in [5, 5.41) is 6.28. The smallest absolute Gasteiger partial charge is 0.229 e. The number of ether oxygens (including phenoxy) is 3. The fourth-order valence-corrected chi connectivity index (χ4v) is 1.82. The second-order valence-electron chi connectivity index (χ2n) is 4.38. The number of hydrogen-bond donors (Lipinski definition) is 2. The van der Waals surface area contributed by atoms with E-state index in [1.807, 2.05) is 12.1 Å². The minimum atomic E-state index is 0.478. The van der Waals surface area contributed by atoms with Gasteiger partial charge in [-0.15, -0.1) is 0 Å². The molecule has 0 bridgehead atoms. The van der Waals surface area contributed by atoms with Crippen LogP contribution < -0.4 is 20.1 Å². The van der Waals surface area contributed by atoms with Crippen molar-refractivity contribution in [2.24, 2.45) is 0 Å². The van der Waals surface area contributed by atoms with E-state index in [4.69, 9.17) is 14.2 Å². The fraction of sp³-hybridized carbons (Fsp3) is 0.333. The lowest BCUT2D eigenvalue weighted by atomic mass is 10.2. The summed E-state index contributed by atoms with van der Waals surface area (Å²) in [6, 6.07) is 7.28. The molecule has 0 aliphatic heterocycles. The molecule has 0 radical (unpaired) electrons. The number of benzene rings is 1. The maximum atomic E-state index is 5.34. The maximum absolute atomic E-state index is 5.34. The van der Waals surface area contributed by atoms with Crippen molar-refractivity contribution in [2.75, 3.05) is 45.1 Å². The molecule has 118 valence electrons. The highest BCUT2D eigenvalue weighted by Gasteiger charge is 2.07. The van der Waals surface area contributed by atoms with Gasteiger partial charge in [0.2, 0.25) is 5.95 Å². The van der Waals surface area contributed by atoms with Crippen molar-refractivity contribution in [3.8, 4) is 11.5 Å². The van der Waals surface area contributed by atoms with Gasteiger partial charge >= 0.3 is 0 Å². The fourth-order valence-electron chi connectivity index (χ4n) is 1.82. The van der Waals surface area contributed by atoms with E-state index in [0.717, 1.165) is 17.3 Å². The van der Waals surface area contributed by atoms with E-state index in [-0.39, 0.29) is 0 Å². The third-order valence-corrected chi connectivity index (χ3v) is 2.92. The molecular formula is C15H20N4O3. The Balaban J connectivity index is 2.11. The number of anilines is 3. The van der Waals surface area contributed by atoms with Crippen molar-refractivity contribution < 1.29 is 14.2 Å². The first-order valence-corrected chi connectivity index (χ1v) is 6.81. The molecule has 22 heavy (non-hydrogen) atoms. The molecular weight excluding hydrogens is 284 g/mol. The molecule has 0 amide bonds. The normalized spacial score (nSPS) is 10.1. The summed E-state index contributed by atoms with van der Waals surface area (Å²) in [7, 11) is 4.87. The first kappa shape index (κ1) is 15.8. The largest absolute Gasteiger partial charge is 0.497 e. The predicted octanol–water partition coefficient (Wildman–Crippen LogP) is 2.30. The highest BCUT2D eigenvalue weighted by atomic mass is 16.5. The molecule has 0 atom stereocenters. The molecule has 0 saturated carbocycles. The second kappa shape index (κ2) is 8.04. The van der Waals surface area contributed by atoms with Crippen LogP contribution in [-0.2, 0) is 4.74 Å². The van der Waals surface area contributed by atoms with Gasteiger partial charge in [-0.2, -0.15) is 4.98 Å². The quantitative estimate of drug-likeness (QED) is 0.724. The molecule has 0 unspecified atom stereocenters. The Kier molecular flexibility index (Phi) is 5.79. The van der Waals surface area contributed by atoms with Gasteiger partial charge in [0.15, 0.2) is 0 Å². The average Bonchev–Trinajstić information content (AvgIpc) is 2.56. The van der Waals surface area contributed by atoms with Crippen LogP contribution in [0.2, 0.25) is 0 Å². The zero-order valence-electron chi connectivity index (χ0n) is 12.9. The van der Waals surface area contributed by atoms with Crippen molar-refractivity contribution in [1.29, 1.82) is 0 Å². The topological polar surface area (TPSA) is 77.5 Å². The molecule has 7 nitrogen and oxygen atoms in total. The van der Waals surface area contributed by atoms with Crippen molar-refractivity contribution in [3.05, 3.63) is 30.5 Å². The molecule has 0 aliphatic carbocycles. The standard InChI is InChI=1S/C15H20N4O3/c1-20-9-8-16-14-6-7-17-15(19-14)18-12-5-4-11(21-2)10-13(12)22-3/h4-7,10H,8-9H2,1-3H3,(H2,16,17,18,19). The molecule has 0 spiro atoms. The van der Waals surface area contributed by atoms with Gasteiger partial charge in [-0.25, -0.2) is 4.98 Å². The summed E-state index contributed by atoms with van der Waals surface area (Å²) in [4.78, 5) is 8.58. The van der Waals surface area contributed by atoms with Crippen molar-refractivity contribution in [2.45, 2.75) is 0 Å². The zero-order chi connectivity index (χ0) is 15.8. The van der Waals surface area contributed by atoms with E-state index in [1.54, 1.807) is 39.7 Å². The number of methoxy groups -OCH3 is 3. The van der Waals surface area contributed by atoms with Gasteiger partial charge in [0.25, 0.3) is 0 Å². The van der Waals surface area contributed by atoms with Gasteiger partial charge in [0.1, 0.15) is 17.3 Å². The number of rotatable bonds is 8. The van der Waals surface area contributed by atoms with E-state index < -0.39 is 0 Å². The van der Waals surface area contributed by atoms with Gasteiger partial charge in [0.05, 0.1) is 26.5 Å². The lowest BCUT2D eigenvalue weighted by molar-refractivity contribution is 0.210. The Labute approximate surface area is 129 Å². The lowest BCUT2D eigenvalue weighted by Gasteiger charge is -2.12. The molecule has 1 heterocycles. The third kappa shape index (κ3) is 4.23. The van der Waals surface area contributed by atoms with Crippen LogP contribution in [0.15, 0.2) is 30.5 Å². The number of nitrogens with one attached hydrogen (secondary N) is 2. The Morgan fingerprint density at radius 3 is 2.68 bits per heavy atom. The summed E-state index contributed by atoms with van der Waals surface area (Å²) in [5.74, 6) is 2.58. The van der Waals surface area contributed by atoms with E-state index >= 15 is 0 Å². The van der Waals surface area contributed by atoms with Crippen LogP contribution in [0.3, 0.4) is 0 Å². The van der Waals surface area contributed by atoms with Crippen LogP contribution >= 0.6 is 0 Å². The van der Waals surface area contributed by atoms with E-state index in [1.165, 1.54) is 0 Å². The maximum Gasteiger partial charge on any atom is 0.229 e. The van der Waals surface area contributed by atoms with Crippen molar-refractivity contribution in [1.82, 2.24) is 9.97 Å². The second-order valence-corrected chi connectivity index (χ2v) is 4.38. The average molecular weight is 304 g/mol. The monoisotopic (exact) mass is 304 g/mol. The number of hydrogen-bond acceptors (Lipinski definition) is 7. The van der Waals surface area contributed by atoms with Crippen molar-refractivity contribution >= 4 is 17.5 Å². The molecule has 2 N–H and O–H groups in total. The van der Waals surface area contributed by atoms with Crippen LogP contribution in [0.4, 0.5) is 17.5 Å². The van der Waals surface area contributed by atoms with Crippen LogP contribution in [-0.4, -0.2) is 44.4 Å². The predicted molar refractivity (Wildman–Crippen MR) is 85.2 cm³/mol. The van der Waals surface area contributed by atoms with Gasteiger partial charge in [-0.05, 0) is 18.2 Å².